The van der Waals surface area contributed by atoms with Gasteiger partial charge in [-0.2, -0.15) is 0 Å². The minimum atomic E-state index is -0.807. The van der Waals surface area contributed by atoms with Gasteiger partial charge in [0.25, 0.3) is 0 Å². The highest BCUT2D eigenvalue weighted by atomic mass is 16.4. The second kappa shape index (κ2) is 11.2. The molecule has 0 amide bonds. The number of aliphatic hydroxyl groups excluding tert-OH is 3. The summed E-state index contributed by atoms with van der Waals surface area (Å²) in [5.74, 6) is -0.491. The van der Waals surface area contributed by atoms with Crippen molar-refractivity contribution in [3.63, 3.8) is 0 Å². The highest BCUT2D eigenvalue weighted by Gasteiger charge is 2.43. The molecule has 6 heteroatoms. The molecule has 1 heterocycles. The lowest BCUT2D eigenvalue weighted by Gasteiger charge is -2.22. The Labute approximate surface area is 182 Å². The molecule has 3 rings (SSSR count). The van der Waals surface area contributed by atoms with Crippen molar-refractivity contribution in [1.29, 1.82) is 0 Å². The van der Waals surface area contributed by atoms with Gasteiger partial charge in [-0.15, -0.1) is 0 Å². The third-order valence-corrected chi connectivity index (χ3v) is 5.99. The van der Waals surface area contributed by atoms with Crippen LogP contribution in [0.1, 0.15) is 50.7 Å². The minimum Gasteiger partial charge on any atom is -0.512 e. The van der Waals surface area contributed by atoms with Gasteiger partial charge in [-0.3, -0.25) is 4.79 Å². The van der Waals surface area contributed by atoms with E-state index in [1.54, 1.807) is 6.08 Å². The number of aryl methyl sites for hydroxylation is 1. The molecule has 0 spiro atoms. The molecule has 2 aromatic rings. The standard InChI is InChI=1S/C25H32O6/c26-20(12-7-6-10-18-15-17-9-5-8-13-23(17)31-18)25-19(21(27)16-22(25)28)11-3-1-2-4-14-24(29)30/h1,3,5,8-9,12-13,15,19,21-22,25-28H,2,4,6-7,10-11,14,16H2,(H,29,30)/b3-1-,20-12+/t19?,21-,22+,25?/m0/s1. The number of hydrogen-bond acceptors (Lipinski definition) is 5. The average Bonchev–Trinajstić information content (AvgIpc) is 3.27. The van der Waals surface area contributed by atoms with Crippen molar-refractivity contribution in [2.75, 3.05) is 0 Å². The van der Waals surface area contributed by atoms with Crippen molar-refractivity contribution in [2.45, 2.75) is 63.6 Å². The molecule has 4 N–H and O–H groups in total. The molecule has 4 atom stereocenters. The molecular formula is C25H32O6. The summed E-state index contributed by atoms with van der Waals surface area (Å²) in [6.45, 7) is 0. The number of hydrogen-bond donors (Lipinski definition) is 4. The van der Waals surface area contributed by atoms with Crippen molar-refractivity contribution >= 4 is 16.9 Å². The lowest BCUT2D eigenvalue weighted by Crippen LogP contribution is -2.23. The summed E-state index contributed by atoms with van der Waals surface area (Å²) in [5, 5.41) is 41.0. The molecule has 1 saturated carbocycles. The number of carboxylic acid groups (broad SMARTS) is 1. The summed E-state index contributed by atoms with van der Waals surface area (Å²) in [4.78, 5) is 10.5. The van der Waals surface area contributed by atoms with Crippen molar-refractivity contribution in [3.05, 3.63) is 60.1 Å². The van der Waals surface area contributed by atoms with Crippen molar-refractivity contribution in [1.82, 2.24) is 0 Å². The van der Waals surface area contributed by atoms with Gasteiger partial charge in [0.2, 0.25) is 0 Å². The van der Waals surface area contributed by atoms with Crippen molar-refractivity contribution in [3.8, 4) is 0 Å². The van der Waals surface area contributed by atoms with Crippen molar-refractivity contribution in [2.24, 2.45) is 11.8 Å². The lowest BCUT2D eigenvalue weighted by atomic mass is 9.88. The second-order valence-corrected chi connectivity index (χ2v) is 8.32. The maximum absolute atomic E-state index is 10.6. The predicted molar refractivity (Wildman–Crippen MR) is 119 cm³/mol. The number of unbranched alkanes of at least 4 members (excludes halogenated alkanes) is 2. The summed E-state index contributed by atoms with van der Waals surface area (Å²) >= 11 is 0. The first-order valence-electron chi connectivity index (χ1n) is 11.0. The maximum Gasteiger partial charge on any atom is 0.303 e. The number of aliphatic carboxylic acids is 1. The number of aliphatic hydroxyl groups is 3. The molecule has 1 aromatic carbocycles. The summed E-state index contributed by atoms with van der Waals surface area (Å²) < 4.78 is 5.81. The van der Waals surface area contributed by atoms with Crippen LogP contribution in [0.3, 0.4) is 0 Å². The molecule has 1 aliphatic carbocycles. The van der Waals surface area contributed by atoms with Crippen LogP contribution in [0, 0.1) is 11.8 Å². The number of fused-ring (bicyclic) bond motifs is 1. The normalized spacial score (nSPS) is 24.4. The Morgan fingerprint density at radius 2 is 1.87 bits per heavy atom. The van der Waals surface area contributed by atoms with E-state index < -0.39 is 24.1 Å². The van der Waals surface area contributed by atoms with E-state index >= 15 is 0 Å². The number of rotatable bonds is 11. The fourth-order valence-electron chi connectivity index (χ4n) is 4.38. The van der Waals surface area contributed by atoms with Crippen molar-refractivity contribution < 1.29 is 29.6 Å². The summed E-state index contributed by atoms with van der Waals surface area (Å²) in [6, 6.07) is 9.92. The Bertz CT molecular complexity index is 879. The largest absolute Gasteiger partial charge is 0.512 e. The van der Waals surface area contributed by atoms with E-state index in [1.807, 2.05) is 42.5 Å². The van der Waals surface area contributed by atoms with Crippen LogP contribution in [0.5, 0.6) is 0 Å². The van der Waals surface area contributed by atoms with Crippen LogP contribution in [0.25, 0.3) is 11.0 Å². The van der Waals surface area contributed by atoms with Gasteiger partial charge in [0.05, 0.1) is 18.0 Å². The van der Waals surface area contributed by atoms with E-state index in [-0.39, 0.29) is 24.5 Å². The first-order valence-corrected chi connectivity index (χ1v) is 11.0. The van der Waals surface area contributed by atoms with Crippen LogP contribution in [-0.2, 0) is 11.2 Å². The fourth-order valence-corrected chi connectivity index (χ4v) is 4.38. The van der Waals surface area contributed by atoms with Crippen LogP contribution in [-0.4, -0.2) is 38.6 Å². The van der Waals surface area contributed by atoms with Crippen LogP contribution >= 0.6 is 0 Å². The highest BCUT2D eigenvalue weighted by molar-refractivity contribution is 5.77. The van der Waals surface area contributed by atoms with E-state index in [1.165, 1.54) is 0 Å². The van der Waals surface area contributed by atoms with Crippen LogP contribution < -0.4 is 0 Å². The second-order valence-electron chi connectivity index (χ2n) is 8.32. The summed E-state index contributed by atoms with van der Waals surface area (Å²) in [6.07, 6.45) is 8.50. The Morgan fingerprint density at radius 3 is 2.65 bits per heavy atom. The van der Waals surface area contributed by atoms with E-state index in [2.05, 4.69) is 0 Å². The molecule has 1 aliphatic rings. The number of allylic oxidation sites excluding steroid dienone is 3. The van der Waals surface area contributed by atoms with E-state index in [4.69, 9.17) is 9.52 Å². The number of carbonyl (C=O) groups is 1. The SMILES string of the molecule is O=C(O)CCC/C=C\CC1C(/C(O)=C\CCCc2cc3ccccc3o2)[C@H](O)C[C@@H]1O. The average molecular weight is 429 g/mol. The quantitative estimate of drug-likeness (QED) is 0.233. The van der Waals surface area contributed by atoms with E-state index in [0.717, 1.165) is 29.6 Å². The molecule has 0 radical (unpaired) electrons. The first-order chi connectivity index (χ1) is 15.0. The number of para-hydroxylation sites is 1. The van der Waals surface area contributed by atoms with Gasteiger partial charge in [0, 0.05) is 36.5 Å². The predicted octanol–water partition coefficient (Wildman–Crippen LogP) is 4.76. The van der Waals surface area contributed by atoms with Gasteiger partial charge in [0.1, 0.15) is 11.3 Å². The van der Waals surface area contributed by atoms with Gasteiger partial charge >= 0.3 is 5.97 Å². The van der Waals surface area contributed by atoms with E-state index in [9.17, 15) is 20.1 Å². The zero-order valence-corrected chi connectivity index (χ0v) is 17.7. The number of benzene rings is 1. The third kappa shape index (κ3) is 6.45. The molecule has 1 fully saturated rings. The molecule has 0 saturated heterocycles. The van der Waals surface area contributed by atoms with Gasteiger partial charge in [0.15, 0.2) is 0 Å². The van der Waals surface area contributed by atoms with Gasteiger partial charge < -0.3 is 24.8 Å². The molecule has 2 unspecified atom stereocenters. The third-order valence-electron chi connectivity index (χ3n) is 5.99. The Balaban J connectivity index is 1.49. The highest BCUT2D eigenvalue weighted by Crippen LogP contribution is 2.39. The smallest absolute Gasteiger partial charge is 0.303 e. The van der Waals surface area contributed by atoms with Crippen LogP contribution in [0.15, 0.2) is 58.7 Å². The lowest BCUT2D eigenvalue weighted by molar-refractivity contribution is -0.137. The number of furan rings is 1. The summed E-state index contributed by atoms with van der Waals surface area (Å²) in [5.41, 5.74) is 0.873. The monoisotopic (exact) mass is 428 g/mol. The van der Waals surface area contributed by atoms with Gasteiger partial charge in [-0.25, -0.2) is 0 Å². The Morgan fingerprint density at radius 1 is 1.06 bits per heavy atom. The summed E-state index contributed by atoms with van der Waals surface area (Å²) in [7, 11) is 0. The molecule has 0 aliphatic heterocycles. The molecule has 1 aromatic heterocycles. The molecular weight excluding hydrogens is 396 g/mol. The zero-order chi connectivity index (χ0) is 22.2. The Kier molecular flexibility index (Phi) is 8.32. The van der Waals surface area contributed by atoms with Crippen LogP contribution in [0.4, 0.5) is 0 Å². The molecule has 31 heavy (non-hydrogen) atoms. The van der Waals surface area contributed by atoms with Crippen LogP contribution in [0.2, 0.25) is 0 Å². The number of carboxylic acids is 1. The topological polar surface area (TPSA) is 111 Å². The van der Waals surface area contributed by atoms with E-state index in [0.29, 0.717) is 25.7 Å². The fraction of sp³-hybridized carbons (Fsp3) is 0.480. The first kappa shape index (κ1) is 23.1. The minimum absolute atomic E-state index is 0.134. The molecule has 0 bridgehead atoms. The molecule has 168 valence electrons. The molecule has 6 nitrogen and oxygen atoms in total. The van der Waals surface area contributed by atoms with Gasteiger partial charge in [-0.05, 0) is 50.3 Å². The maximum atomic E-state index is 10.6. The Hall–Kier alpha value is -2.57. The van der Waals surface area contributed by atoms with Gasteiger partial charge in [-0.1, -0.05) is 30.4 Å². The zero-order valence-electron chi connectivity index (χ0n) is 17.7.